The molecule has 0 aliphatic heterocycles. The van der Waals surface area contributed by atoms with Gasteiger partial charge < -0.3 is 5.11 Å². The zero-order chi connectivity index (χ0) is 3.58. The van der Waals surface area contributed by atoms with Crippen molar-refractivity contribution in [3.8, 4) is 0 Å². The van der Waals surface area contributed by atoms with Crippen LogP contribution in [0, 0.1) is 0 Å². The van der Waals surface area contributed by atoms with E-state index in [0.717, 1.165) is 6.92 Å². The molecule has 0 saturated heterocycles. The molecule has 0 saturated carbocycles. The van der Waals surface area contributed by atoms with E-state index in [1.54, 1.807) is 0 Å². The zero-order valence-electron chi connectivity index (χ0n) is 2.67. The van der Waals surface area contributed by atoms with Crippen molar-refractivity contribution < 1.29 is 30.3 Å². The van der Waals surface area contributed by atoms with Crippen molar-refractivity contribution >= 4 is 24.8 Å². The van der Waals surface area contributed by atoms with Gasteiger partial charge in [-0.15, -0.1) is 0 Å². The second kappa shape index (κ2) is 9.21. The maximum Gasteiger partial charge on any atom is 0 e. The summed E-state index contributed by atoms with van der Waals surface area (Å²) in [4.78, 5) is 9.00. The second-order valence-electron chi connectivity index (χ2n) is 0.519. The molecule has 6 heavy (non-hydrogen) atoms. The van der Waals surface area contributed by atoms with Gasteiger partial charge in [-0.1, -0.05) is 0 Å². The Kier molecular flexibility index (Phi) is 24.4. The molecule has 0 radical (unpaired) electrons. The summed E-state index contributed by atoms with van der Waals surface area (Å²) < 4.78 is 0. The number of carboxylic acid groups (broad SMARTS) is 1. The summed E-state index contributed by atoms with van der Waals surface area (Å²) in [7, 11) is 0. The first-order chi connectivity index (χ1) is 1.73. The third-order valence-corrected chi connectivity index (χ3v) is 0. The van der Waals surface area contributed by atoms with Crippen molar-refractivity contribution in [2.75, 3.05) is 0 Å². The number of hydrogen-bond donors (Lipinski definition) is 1. The van der Waals surface area contributed by atoms with Gasteiger partial charge in [-0.25, -0.2) is 0 Å². The van der Waals surface area contributed by atoms with E-state index < -0.39 is 5.97 Å². The number of rotatable bonds is 0. The number of hydrogen-bond acceptors (Lipinski definition) is 1. The molecule has 4 heteroatoms. The van der Waals surface area contributed by atoms with Gasteiger partial charge >= 0.3 is 18.9 Å². The fourth-order valence-electron chi connectivity index (χ4n) is 0. The van der Waals surface area contributed by atoms with Crippen molar-refractivity contribution in [3.05, 3.63) is 0 Å². The Morgan fingerprint density at radius 3 is 1.67 bits per heavy atom. The van der Waals surface area contributed by atoms with Gasteiger partial charge in [-0.3, -0.25) is 4.79 Å². The summed E-state index contributed by atoms with van der Waals surface area (Å²) >= 11 is 0. The van der Waals surface area contributed by atoms with Crippen molar-refractivity contribution in [2.45, 2.75) is 6.92 Å². The number of carbonyl (C=O) groups is 1. The molecular weight excluding hydrogens is 169 g/mol. The molecule has 36 valence electrons. The summed E-state index contributed by atoms with van der Waals surface area (Å²) in [5.74, 6) is -0.833. The van der Waals surface area contributed by atoms with Gasteiger partial charge in [0.1, 0.15) is 0 Å². The van der Waals surface area contributed by atoms with E-state index in [9.17, 15) is 0 Å². The Hall–Kier alpha value is 0.730. The Bertz CT molecular complexity index is 34.5. The summed E-state index contributed by atoms with van der Waals surface area (Å²) in [5, 5.41) is 7.42. The molecule has 0 heterocycles. The van der Waals surface area contributed by atoms with E-state index in [4.69, 9.17) is 9.90 Å². The maximum atomic E-state index is 9.00. The van der Waals surface area contributed by atoms with Gasteiger partial charge in [0.2, 0.25) is 0 Å². The summed E-state index contributed by atoms with van der Waals surface area (Å²) in [5.41, 5.74) is 0. The van der Waals surface area contributed by atoms with Crippen molar-refractivity contribution in [1.82, 2.24) is 0 Å². The Morgan fingerprint density at radius 1 is 1.67 bits per heavy atom. The van der Waals surface area contributed by atoms with Gasteiger partial charge in [0, 0.05) is 27.3 Å². The molecule has 2 nitrogen and oxygen atoms in total. The molecule has 0 amide bonds. The first-order valence-corrected chi connectivity index (χ1v) is 0.928. The van der Waals surface area contributed by atoms with Gasteiger partial charge in [-0.2, -0.15) is 0 Å². The zero-order valence-corrected chi connectivity index (χ0v) is 4.23. The fraction of sp³-hybridized carbons (Fsp3) is 0.500. The molecule has 0 unspecified atom stereocenters. The van der Waals surface area contributed by atoms with E-state index in [1.807, 2.05) is 0 Å². The van der Waals surface area contributed by atoms with Gasteiger partial charge in [-0.05, 0) is 0 Å². The van der Waals surface area contributed by atoms with Crippen LogP contribution in [0.4, 0.5) is 0 Å². The monoisotopic (exact) mass is 174 g/mol. The molecule has 0 aliphatic carbocycles. The van der Waals surface area contributed by atoms with Crippen LogP contribution in [0.5, 0.6) is 0 Å². The molecule has 0 aliphatic rings. The van der Waals surface area contributed by atoms with Crippen LogP contribution < -0.4 is 0 Å². The minimum Gasteiger partial charge on any atom is 0 e. The topological polar surface area (TPSA) is 37.3 Å². The normalized spacial score (nSPS) is 4.17. The van der Waals surface area contributed by atoms with E-state index in [-0.39, 0.29) is 39.3 Å². The van der Waals surface area contributed by atoms with E-state index in [0.29, 0.717) is 0 Å². The van der Waals surface area contributed by atoms with Crippen LogP contribution in [0.2, 0.25) is 0 Å². The molecule has 0 fully saturated rings. The van der Waals surface area contributed by atoms with Crippen LogP contribution in [-0.4, -0.2) is 29.9 Å². The van der Waals surface area contributed by atoms with E-state index in [2.05, 4.69) is 0 Å². The van der Waals surface area contributed by atoms with Gasteiger partial charge in [0.15, 0.2) is 0 Å². The smallest absolute Gasteiger partial charge is 0 e. The van der Waals surface area contributed by atoms with Crippen molar-refractivity contribution in [3.63, 3.8) is 0 Å². The third kappa shape index (κ3) is 124. The first kappa shape index (κ1) is 15.9. The van der Waals surface area contributed by atoms with Crippen LogP contribution >= 0.6 is 0 Å². The van der Waals surface area contributed by atoms with Gasteiger partial charge in [0.25, 0.3) is 5.97 Å². The molecule has 0 rings (SSSR count). The first-order valence-electron chi connectivity index (χ1n) is 0.928. The molecule has 0 aromatic carbocycles. The van der Waals surface area contributed by atoms with E-state index >= 15 is 0 Å². The predicted octanol–water partition coefficient (Wildman–Crippen LogP) is -0.560. The standard InChI is InChI=1S/C2H4O2.Li.Pd.H/c1-2(3)4;;;/h1H3,(H,3,4);;;. The molecule has 0 atom stereocenters. The molecule has 0 spiro atoms. The average molecular weight is 174 g/mol. The minimum atomic E-state index is -0.833. The maximum absolute atomic E-state index is 9.00. The van der Waals surface area contributed by atoms with Crippen LogP contribution in [0.25, 0.3) is 0 Å². The van der Waals surface area contributed by atoms with Crippen molar-refractivity contribution in [1.29, 1.82) is 0 Å². The molecule has 0 aromatic rings. The van der Waals surface area contributed by atoms with Crippen LogP contribution in [0.15, 0.2) is 0 Å². The van der Waals surface area contributed by atoms with E-state index in [1.165, 1.54) is 0 Å². The largest absolute Gasteiger partial charge is 0 e. The Labute approximate surface area is 62.1 Å². The fourth-order valence-corrected chi connectivity index (χ4v) is 0. The Morgan fingerprint density at radius 2 is 1.67 bits per heavy atom. The molecular formula is C2H5LiO2Pd. The van der Waals surface area contributed by atoms with Crippen LogP contribution in [0.3, 0.4) is 0 Å². The Balaban J connectivity index is -0.0000000450. The third-order valence-electron chi connectivity index (χ3n) is 0. The minimum absolute atomic E-state index is 0. The van der Waals surface area contributed by atoms with Gasteiger partial charge in [0.05, 0.1) is 0 Å². The SMILES string of the molecule is CC(=O)O.[LiH].[Pd]. The quantitative estimate of drug-likeness (QED) is 0.500. The number of aliphatic carboxylic acids is 1. The molecule has 0 bridgehead atoms. The summed E-state index contributed by atoms with van der Waals surface area (Å²) in [6, 6.07) is 0. The second-order valence-corrected chi connectivity index (χ2v) is 0.519. The summed E-state index contributed by atoms with van der Waals surface area (Å²) in [6.07, 6.45) is 0. The van der Waals surface area contributed by atoms with Crippen LogP contribution in [-0.2, 0) is 25.2 Å². The van der Waals surface area contributed by atoms with Crippen LogP contribution in [0.1, 0.15) is 6.92 Å². The molecule has 1 N–H and O–H groups in total. The number of carboxylic acids is 1. The summed E-state index contributed by atoms with van der Waals surface area (Å²) in [6.45, 7) is 1.08. The predicted molar refractivity (Wildman–Crippen MR) is 20.5 cm³/mol. The molecule has 0 aromatic heterocycles. The van der Waals surface area contributed by atoms with Crippen molar-refractivity contribution in [2.24, 2.45) is 0 Å². The average Bonchev–Trinajstić information content (AvgIpc) is 0.811.